The van der Waals surface area contributed by atoms with Gasteiger partial charge in [0.15, 0.2) is 5.13 Å². The van der Waals surface area contributed by atoms with Crippen molar-refractivity contribution < 1.29 is 9.53 Å². The Morgan fingerprint density at radius 3 is 2.95 bits per heavy atom. The molecule has 0 aromatic carbocycles. The Balaban J connectivity index is 1.79. The summed E-state index contributed by atoms with van der Waals surface area (Å²) in [5, 5.41) is 0.466. The minimum absolute atomic E-state index is 0.0738. The standard InChI is InChI=1S/C14H21N3O2S2/c1-9-12(21-14(15)16-9)13(18)17(10-4-6-20-8-10)7-11-3-2-5-19-11/h10-11H,2-8H2,1H3,(H2,15,16). The molecule has 1 amide bonds. The Morgan fingerprint density at radius 1 is 1.52 bits per heavy atom. The third kappa shape index (κ3) is 3.35. The van der Waals surface area contributed by atoms with Crippen molar-refractivity contribution >= 4 is 34.1 Å². The van der Waals surface area contributed by atoms with Crippen LogP contribution in [-0.4, -0.2) is 52.6 Å². The molecule has 5 nitrogen and oxygen atoms in total. The highest BCUT2D eigenvalue weighted by atomic mass is 32.2. The highest BCUT2D eigenvalue weighted by Crippen LogP contribution is 2.28. The molecule has 21 heavy (non-hydrogen) atoms. The maximum atomic E-state index is 12.9. The van der Waals surface area contributed by atoms with Gasteiger partial charge in [-0.2, -0.15) is 11.8 Å². The lowest BCUT2D eigenvalue weighted by Gasteiger charge is -2.30. The van der Waals surface area contributed by atoms with E-state index in [1.54, 1.807) is 0 Å². The molecule has 2 N–H and O–H groups in total. The Labute approximate surface area is 133 Å². The van der Waals surface area contributed by atoms with Crippen LogP contribution in [0.3, 0.4) is 0 Å². The lowest BCUT2D eigenvalue weighted by Crippen LogP contribution is -2.44. The first-order valence-electron chi connectivity index (χ1n) is 7.38. The van der Waals surface area contributed by atoms with Crippen LogP contribution in [0.15, 0.2) is 0 Å². The molecule has 116 valence electrons. The van der Waals surface area contributed by atoms with E-state index in [1.807, 2.05) is 23.6 Å². The van der Waals surface area contributed by atoms with Gasteiger partial charge in [0.1, 0.15) is 4.88 Å². The van der Waals surface area contributed by atoms with Crippen LogP contribution in [0.5, 0.6) is 0 Å². The fraction of sp³-hybridized carbons (Fsp3) is 0.714. The van der Waals surface area contributed by atoms with Crippen molar-refractivity contribution in [2.75, 3.05) is 30.4 Å². The molecule has 2 aliphatic heterocycles. The summed E-state index contributed by atoms with van der Waals surface area (Å²) in [6, 6.07) is 0.314. The van der Waals surface area contributed by atoms with E-state index in [0.29, 0.717) is 22.6 Å². The molecule has 0 aliphatic carbocycles. The number of carbonyl (C=O) groups is 1. The number of nitrogen functional groups attached to an aromatic ring is 1. The summed E-state index contributed by atoms with van der Waals surface area (Å²) in [5.74, 6) is 2.22. The predicted octanol–water partition coefficient (Wildman–Crippen LogP) is 2.16. The molecule has 3 rings (SSSR count). The van der Waals surface area contributed by atoms with Gasteiger partial charge in [-0.25, -0.2) is 4.98 Å². The minimum Gasteiger partial charge on any atom is -0.376 e. The van der Waals surface area contributed by atoms with Gasteiger partial charge in [0.25, 0.3) is 5.91 Å². The normalized spacial score (nSPS) is 25.4. The molecule has 2 saturated heterocycles. The van der Waals surface area contributed by atoms with Gasteiger partial charge < -0.3 is 15.4 Å². The van der Waals surface area contributed by atoms with Gasteiger partial charge in [-0.3, -0.25) is 4.79 Å². The zero-order chi connectivity index (χ0) is 14.8. The molecule has 2 fully saturated rings. The Morgan fingerprint density at radius 2 is 2.38 bits per heavy atom. The van der Waals surface area contributed by atoms with Crippen LogP contribution < -0.4 is 5.73 Å². The van der Waals surface area contributed by atoms with Crippen LogP contribution >= 0.6 is 23.1 Å². The molecule has 7 heteroatoms. The molecule has 2 aliphatic rings. The van der Waals surface area contributed by atoms with Gasteiger partial charge in [0.05, 0.1) is 11.8 Å². The van der Waals surface area contributed by atoms with E-state index >= 15 is 0 Å². The summed E-state index contributed by atoms with van der Waals surface area (Å²) < 4.78 is 5.73. The van der Waals surface area contributed by atoms with Crippen molar-refractivity contribution in [2.45, 2.75) is 38.3 Å². The zero-order valence-corrected chi connectivity index (χ0v) is 13.8. The maximum absolute atomic E-state index is 12.9. The first-order valence-corrected chi connectivity index (χ1v) is 9.35. The number of amides is 1. The average molecular weight is 327 g/mol. The summed E-state index contributed by atoms with van der Waals surface area (Å²) in [4.78, 5) is 19.8. The molecule has 3 heterocycles. The van der Waals surface area contributed by atoms with Crippen molar-refractivity contribution in [1.29, 1.82) is 0 Å². The average Bonchev–Trinajstić information content (AvgIpc) is 3.16. The van der Waals surface area contributed by atoms with Gasteiger partial charge in [-0.15, -0.1) is 0 Å². The van der Waals surface area contributed by atoms with Gasteiger partial charge in [-0.1, -0.05) is 11.3 Å². The van der Waals surface area contributed by atoms with Crippen molar-refractivity contribution in [3.05, 3.63) is 10.6 Å². The second-order valence-corrected chi connectivity index (χ2v) is 7.76. The summed E-state index contributed by atoms with van der Waals surface area (Å²) in [5.41, 5.74) is 6.48. The minimum atomic E-state index is 0.0738. The molecule has 2 atom stereocenters. The number of aromatic nitrogens is 1. The highest BCUT2D eigenvalue weighted by Gasteiger charge is 2.32. The van der Waals surface area contributed by atoms with Crippen LogP contribution in [0.25, 0.3) is 0 Å². The Bertz CT molecular complexity index is 508. The second kappa shape index (κ2) is 6.54. The number of hydrogen-bond acceptors (Lipinski definition) is 6. The third-order valence-corrected chi connectivity index (χ3v) is 6.16. The topological polar surface area (TPSA) is 68.5 Å². The molecule has 2 unspecified atom stereocenters. The molecule has 0 radical (unpaired) electrons. The molecular formula is C14H21N3O2S2. The number of aryl methyl sites for hydroxylation is 1. The van der Waals surface area contributed by atoms with Gasteiger partial charge in [0.2, 0.25) is 0 Å². The van der Waals surface area contributed by atoms with Crippen molar-refractivity contribution in [3.63, 3.8) is 0 Å². The van der Waals surface area contributed by atoms with Crippen molar-refractivity contribution in [1.82, 2.24) is 9.88 Å². The van der Waals surface area contributed by atoms with E-state index in [1.165, 1.54) is 11.3 Å². The second-order valence-electron chi connectivity index (χ2n) is 5.58. The van der Waals surface area contributed by atoms with E-state index < -0.39 is 0 Å². The number of anilines is 1. The molecule has 0 spiro atoms. The van der Waals surface area contributed by atoms with Crippen LogP contribution in [-0.2, 0) is 4.74 Å². The summed E-state index contributed by atoms with van der Waals surface area (Å²) in [7, 11) is 0. The molecule has 1 aromatic heterocycles. The maximum Gasteiger partial charge on any atom is 0.266 e. The van der Waals surface area contributed by atoms with Crippen LogP contribution in [0.4, 0.5) is 5.13 Å². The van der Waals surface area contributed by atoms with E-state index in [0.717, 1.165) is 43.1 Å². The third-order valence-electron chi connectivity index (χ3n) is 4.04. The van der Waals surface area contributed by atoms with Gasteiger partial charge in [0, 0.05) is 24.9 Å². The van der Waals surface area contributed by atoms with Gasteiger partial charge in [-0.05, 0) is 31.9 Å². The van der Waals surface area contributed by atoms with Crippen LogP contribution in [0.1, 0.15) is 34.6 Å². The lowest BCUT2D eigenvalue weighted by molar-refractivity contribution is 0.0444. The van der Waals surface area contributed by atoms with E-state index in [4.69, 9.17) is 10.5 Å². The van der Waals surface area contributed by atoms with Gasteiger partial charge >= 0.3 is 0 Å². The summed E-state index contributed by atoms with van der Waals surface area (Å²) in [6.45, 7) is 3.37. The fourth-order valence-corrected chi connectivity index (χ4v) is 4.93. The van der Waals surface area contributed by atoms with E-state index in [-0.39, 0.29) is 12.0 Å². The first-order chi connectivity index (χ1) is 10.1. The van der Waals surface area contributed by atoms with E-state index in [2.05, 4.69) is 4.98 Å². The number of nitrogens with zero attached hydrogens (tertiary/aromatic N) is 2. The Kier molecular flexibility index (Phi) is 4.71. The fourth-order valence-electron chi connectivity index (χ4n) is 2.92. The van der Waals surface area contributed by atoms with Crippen molar-refractivity contribution in [3.8, 4) is 0 Å². The van der Waals surface area contributed by atoms with Crippen LogP contribution in [0, 0.1) is 6.92 Å². The number of carbonyl (C=O) groups excluding carboxylic acids is 1. The number of rotatable bonds is 4. The number of thioether (sulfide) groups is 1. The predicted molar refractivity (Wildman–Crippen MR) is 87.0 cm³/mol. The summed E-state index contributed by atoms with van der Waals surface area (Å²) in [6.07, 6.45) is 3.40. The smallest absolute Gasteiger partial charge is 0.266 e. The van der Waals surface area contributed by atoms with E-state index in [9.17, 15) is 4.79 Å². The number of hydrogen-bond donors (Lipinski definition) is 1. The quantitative estimate of drug-likeness (QED) is 0.918. The number of ether oxygens (including phenoxy) is 1. The molecule has 1 aromatic rings. The monoisotopic (exact) mass is 327 g/mol. The molecule has 0 bridgehead atoms. The highest BCUT2D eigenvalue weighted by molar-refractivity contribution is 7.99. The van der Waals surface area contributed by atoms with Crippen molar-refractivity contribution in [2.24, 2.45) is 0 Å². The molecule has 0 saturated carbocycles. The Hall–Kier alpha value is -0.790. The summed E-state index contributed by atoms with van der Waals surface area (Å²) >= 11 is 3.21. The first kappa shape index (κ1) is 15.1. The SMILES string of the molecule is Cc1nc(N)sc1C(=O)N(CC1CCCO1)C1CCSC1. The largest absolute Gasteiger partial charge is 0.376 e. The number of nitrogens with two attached hydrogens (primary N) is 1. The lowest BCUT2D eigenvalue weighted by atomic mass is 10.1. The molecular weight excluding hydrogens is 306 g/mol. The van der Waals surface area contributed by atoms with Crippen LogP contribution in [0.2, 0.25) is 0 Å². The number of thiazole rings is 1. The zero-order valence-electron chi connectivity index (χ0n) is 12.2.